The van der Waals surface area contributed by atoms with E-state index in [1.54, 1.807) is 39.8 Å². The lowest BCUT2D eigenvalue weighted by Gasteiger charge is -2.44. The monoisotopic (exact) mass is 403 g/mol. The molecule has 0 bridgehead atoms. The normalized spacial score (nSPS) is 16.6. The molecule has 1 atom stereocenters. The summed E-state index contributed by atoms with van der Waals surface area (Å²) in [6, 6.07) is 4.27. The van der Waals surface area contributed by atoms with Crippen LogP contribution in [-0.2, 0) is 4.74 Å². The van der Waals surface area contributed by atoms with Crippen molar-refractivity contribution < 1.29 is 27.4 Å². The van der Waals surface area contributed by atoms with Gasteiger partial charge in [0.15, 0.2) is 0 Å². The zero-order chi connectivity index (χ0) is 21.3. The van der Waals surface area contributed by atoms with Crippen molar-refractivity contribution in [2.45, 2.75) is 51.7 Å². The average Bonchev–Trinajstić information content (AvgIpc) is 2.41. The summed E-state index contributed by atoms with van der Waals surface area (Å²) in [7, 11) is 3.93. The number of nitrogens with one attached hydrogen (secondary N) is 1. The number of carbonyl (C=O) groups excluding carboxylic acids is 1. The molecule has 28 heavy (non-hydrogen) atoms. The number of anilines is 1. The molecule has 0 saturated carbocycles. The van der Waals surface area contributed by atoms with Crippen LogP contribution in [-0.4, -0.2) is 56.2 Å². The number of carbonyl (C=O) groups is 1. The first kappa shape index (κ1) is 22.1. The van der Waals surface area contributed by atoms with Crippen LogP contribution in [0.2, 0.25) is 0 Å². The van der Waals surface area contributed by atoms with E-state index in [2.05, 4.69) is 15.0 Å². The molecule has 1 N–H and O–H groups in total. The molecular formula is C19H28F3N3O3. The minimum absolute atomic E-state index is 0.219. The molecule has 2 rings (SSSR count). The lowest BCUT2D eigenvalue weighted by atomic mass is 10.0. The largest absolute Gasteiger partial charge is 0.573 e. The van der Waals surface area contributed by atoms with Gasteiger partial charge in [-0.2, -0.15) is 0 Å². The molecule has 1 saturated heterocycles. The van der Waals surface area contributed by atoms with Crippen LogP contribution in [0.1, 0.15) is 39.3 Å². The number of alkyl carbamates (subject to hydrolysis) is 1. The van der Waals surface area contributed by atoms with Gasteiger partial charge in [0.25, 0.3) is 0 Å². The number of amides is 1. The van der Waals surface area contributed by atoms with Crippen molar-refractivity contribution in [1.82, 2.24) is 10.2 Å². The van der Waals surface area contributed by atoms with Crippen LogP contribution in [0.4, 0.5) is 23.7 Å². The van der Waals surface area contributed by atoms with E-state index < -0.39 is 24.1 Å². The van der Waals surface area contributed by atoms with E-state index in [-0.39, 0.29) is 11.3 Å². The number of alkyl halides is 3. The Morgan fingerprint density at radius 2 is 1.86 bits per heavy atom. The fraction of sp³-hybridized carbons (Fsp3) is 0.632. The van der Waals surface area contributed by atoms with Gasteiger partial charge in [-0.15, -0.1) is 13.2 Å². The second kappa shape index (κ2) is 8.06. The van der Waals surface area contributed by atoms with Gasteiger partial charge in [-0.25, -0.2) is 4.79 Å². The molecule has 1 fully saturated rings. The van der Waals surface area contributed by atoms with Crippen LogP contribution in [0.25, 0.3) is 0 Å². The Hall–Kier alpha value is -2.16. The molecular weight excluding hydrogens is 375 g/mol. The number of hydrogen-bond donors (Lipinski definition) is 1. The van der Waals surface area contributed by atoms with E-state index in [9.17, 15) is 18.0 Å². The van der Waals surface area contributed by atoms with Crippen molar-refractivity contribution in [3.63, 3.8) is 0 Å². The predicted octanol–water partition coefficient (Wildman–Crippen LogP) is 3.92. The van der Waals surface area contributed by atoms with Gasteiger partial charge in [0.1, 0.15) is 11.4 Å². The average molecular weight is 403 g/mol. The molecule has 1 amide bonds. The SMILES string of the molecule is C[C@H](NC(=O)OC(C)(C)C)c1ccc(N2CC(N(C)C)C2)cc1OC(F)(F)F. The van der Waals surface area contributed by atoms with Crippen LogP contribution in [0.15, 0.2) is 18.2 Å². The maximum atomic E-state index is 12.9. The summed E-state index contributed by atoms with van der Waals surface area (Å²) in [5.41, 5.74) is 0.154. The Morgan fingerprint density at radius 1 is 1.25 bits per heavy atom. The minimum atomic E-state index is -4.83. The lowest BCUT2D eigenvalue weighted by Crippen LogP contribution is -2.57. The highest BCUT2D eigenvalue weighted by Crippen LogP contribution is 2.35. The Balaban J connectivity index is 2.19. The number of halogens is 3. The molecule has 1 aliphatic heterocycles. The Morgan fingerprint density at radius 3 is 2.36 bits per heavy atom. The quantitative estimate of drug-likeness (QED) is 0.808. The van der Waals surface area contributed by atoms with Crippen molar-refractivity contribution in [3.05, 3.63) is 23.8 Å². The molecule has 1 aromatic carbocycles. The first-order valence-corrected chi connectivity index (χ1v) is 9.06. The summed E-state index contributed by atoms with van der Waals surface area (Å²) in [6.45, 7) is 8.15. The smallest absolute Gasteiger partial charge is 0.444 e. The molecule has 9 heteroatoms. The molecule has 158 valence electrons. The van der Waals surface area contributed by atoms with Crippen LogP contribution in [0.5, 0.6) is 5.75 Å². The van der Waals surface area contributed by atoms with Crippen LogP contribution in [0.3, 0.4) is 0 Å². The third kappa shape index (κ3) is 6.19. The second-order valence-corrected chi connectivity index (χ2v) is 8.16. The molecule has 0 aromatic heterocycles. The molecule has 0 spiro atoms. The zero-order valence-corrected chi connectivity index (χ0v) is 17.1. The first-order chi connectivity index (χ1) is 12.7. The summed E-state index contributed by atoms with van der Waals surface area (Å²) in [4.78, 5) is 16.0. The molecule has 6 nitrogen and oxygen atoms in total. The number of rotatable bonds is 5. The second-order valence-electron chi connectivity index (χ2n) is 8.16. The topological polar surface area (TPSA) is 54.0 Å². The van der Waals surface area contributed by atoms with Gasteiger partial charge in [0, 0.05) is 36.4 Å². The number of hydrogen-bond acceptors (Lipinski definition) is 5. The molecule has 0 radical (unpaired) electrons. The maximum Gasteiger partial charge on any atom is 0.573 e. The molecule has 0 aliphatic carbocycles. The highest BCUT2D eigenvalue weighted by atomic mass is 19.4. The fourth-order valence-corrected chi connectivity index (χ4v) is 2.85. The maximum absolute atomic E-state index is 12.9. The summed E-state index contributed by atoms with van der Waals surface area (Å²) >= 11 is 0. The van der Waals surface area contributed by atoms with E-state index in [4.69, 9.17) is 4.74 Å². The zero-order valence-electron chi connectivity index (χ0n) is 17.1. The summed E-state index contributed by atoms with van der Waals surface area (Å²) in [5.74, 6) is -0.332. The van der Waals surface area contributed by atoms with E-state index in [0.717, 1.165) is 13.1 Å². The first-order valence-electron chi connectivity index (χ1n) is 9.06. The van der Waals surface area contributed by atoms with E-state index in [1.165, 1.54) is 6.07 Å². The molecule has 1 heterocycles. The minimum Gasteiger partial charge on any atom is -0.444 e. The van der Waals surface area contributed by atoms with E-state index in [0.29, 0.717) is 11.7 Å². The number of nitrogens with zero attached hydrogens (tertiary/aromatic N) is 2. The van der Waals surface area contributed by atoms with Gasteiger partial charge in [0.05, 0.1) is 6.04 Å². The number of likely N-dealkylation sites (N-methyl/N-ethyl adjacent to an activating group) is 1. The Labute approximate surface area is 163 Å². The summed E-state index contributed by atoms with van der Waals surface area (Å²) in [5, 5.41) is 2.55. The van der Waals surface area contributed by atoms with Crippen molar-refractivity contribution in [2.24, 2.45) is 0 Å². The van der Waals surface area contributed by atoms with Gasteiger partial charge in [-0.05, 0) is 47.9 Å². The van der Waals surface area contributed by atoms with Crippen molar-refractivity contribution in [2.75, 3.05) is 32.1 Å². The molecule has 1 aliphatic rings. The van der Waals surface area contributed by atoms with Crippen LogP contribution < -0.4 is 15.0 Å². The Bertz CT molecular complexity index is 696. The van der Waals surface area contributed by atoms with Gasteiger partial charge in [0.2, 0.25) is 0 Å². The number of ether oxygens (including phenoxy) is 2. The van der Waals surface area contributed by atoms with E-state index >= 15 is 0 Å². The van der Waals surface area contributed by atoms with Crippen LogP contribution in [0, 0.1) is 0 Å². The van der Waals surface area contributed by atoms with E-state index in [1.807, 2.05) is 19.0 Å². The highest BCUT2D eigenvalue weighted by molar-refractivity contribution is 5.69. The van der Waals surface area contributed by atoms with Crippen LogP contribution >= 0.6 is 0 Å². The molecule has 0 unspecified atom stereocenters. The van der Waals surface area contributed by atoms with Crippen molar-refractivity contribution >= 4 is 11.8 Å². The highest BCUT2D eigenvalue weighted by Gasteiger charge is 2.34. The van der Waals surface area contributed by atoms with Gasteiger partial charge < -0.3 is 24.6 Å². The standard InChI is InChI=1S/C19H28F3N3O3/c1-12(23-17(26)28-18(2,3)4)15-8-7-13(9-16(15)27-19(20,21)22)25-10-14(11-25)24(5)6/h7-9,12,14H,10-11H2,1-6H3,(H,23,26)/t12-/m0/s1. The summed E-state index contributed by atoms with van der Waals surface area (Å²) < 4.78 is 48.1. The number of benzene rings is 1. The van der Waals surface area contributed by atoms with Gasteiger partial charge in [-0.1, -0.05) is 6.07 Å². The van der Waals surface area contributed by atoms with Crippen molar-refractivity contribution in [1.29, 1.82) is 0 Å². The summed E-state index contributed by atoms with van der Waals surface area (Å²) in [6.07, 6.45) is -5.54. The van der Waals surface area contributed by atoms with Gasteiger partial charge in [-0.3, -0.25) is 0 Å². The Kier molecular flexibility index (Phi) is 6.37. The van der Waals surface area contributed by atoms with Gasteiger partial charge >= 0.3 is 12.5 Å². The third-order valence-electron chi connectivity index (χ3n) is 4.38. The molecule has 1 aromatic rings. The predicted molar refractivity (Wildman–Crippen MR) is 101 cm³/mol. The third-order valence-corrected chi connectivity index (χ3v) is 4.38. The van der Waals surface area contributed by atoms with Crippen molar-refractivity contribution in [3.8, 4) is 5.75 Å². The lowest BCUT2D eigenvalue weighted by molar-refractivity contribution is -0.274. The fourth-order valence-electron chi connectivity index (χ4n) is 2.85.